The normalized spacial score (nSPS) is 14.2. The van der Waals surface area contributed by atoms with Gasteiger partial charge < -0.3 is 10.1 Å². The quantitative estimate of drug-likeness (QED) is 0.904. The van der Waals surface area contributed by atoms with Crippen LogP contribution in [0.1, 0.15) is 18.2 Å². The van der Waals surface area contributed by atoms with Crippen molar-refractivity contribution in [1.82, 2.24) is 19.7 Å². The average Bonchev–Trinajstić information content (AvgIpc) is 2.94. The third-order valence-corrected chi connectivity index (χ3v) is 3.30. The highest BCUT2D eigenvalue weighted by molar-refractivity contribution is 5.57. The molecule has 19 heavy (non-hydrogen) atoms. The van der Waals surface area contributed by atoms with Crippen LogP contribution in [0.2, 0.25) is 0 Å². The number of aryl methyl sites for hydroxylation is 1. The van der Waals surface area contributed by atoms with Crippen LogP contribution in [0.25, 0.3) is 11.5 Å². The van der Waals surface area contributed by atoms with E-state index in [2.05, 4.69) is 27.3 Å². The van der Waals surface area contributed by atoms with Crippen LogP contribution < -0.4 is 5.32 Å². The Kier molecular flexibility index (Phi) is 3.16. The van der Waals surface area contributed by atoms with E-state index in [4.69, 9.17) is 4.74 Å². The van der Waals surface area contributed by atoms with Crippen molar-refractivity contribution >= 4 is 5.82 Å². The Labute approximate surface area is 111 Å². The van der Waals surface area contributed by atoms with Crippen molar-refractivity contribution in [3.63, 3.8) is 0 Å². The standard InChI is InChI=1S/C13H17N5O/c1-3-18-11(4-6-15-18)13-16-10-5-7-19-8-9(10)12(14-2)17-13/h4,6H,3,5,7-8H2,1-2H3,(H,14,16,17). The van der Waals surface area contributed by atoms with Crippen LogP contribution in [-0.2, 0) is 24.3 Å². The van der Waals surface area contributed by atoms with Crippen LogP contribution in [0, 0.1) is 0 Å². The van der Waals surface area contributed by atoms with E-state index in [0.29, 0.717) is 6.61 Å². The maximum absolute atomic E-state index is 5.48. The molecule has 3 heterocycles. The van der Waals surface area contributed by atoms with Gasteiger partial charge in [0.05, 0.1) is 18.9 Å². The number of rotatable bonds is 3. The van der Waals surface area contributed by atoms with Crippen molar-refractivity contribution in [3.8, 4) is 11.5 Å². The average molecular weight is 259 g/mol. The number of ether oxygens (including phenoxy) is 1. The molecule has 100 valence electrons. The highest BCUT2D eigenvalue weighted by Gasteiger charge is 2.19. The Morgan fingerprint density at radius 3 is 3.11 bits per heavy atom. The molecule has 0 atom stereocenters. The molecule has 2 aromatic rings. The lowest BCUT2D eigenvalue weighted by Crippen LogP contribution is -2.16. The lowest BCUT2D eigenvalue weighted by atomic mass is 10.1. The van der Waals surface area contributed by atoms with Crippen molar-refractivity contribution in [2.75, 3.05) is 19.0 Å². The number of fused-ring (bicyclic) bond motifs is 1. The van der Waals surface area contributed by atoms with E-state index in [-0.39, 0.29) is 0 Å². The molecule has 0 aliphatic carbocycles. The molecule has 6 heteroatoms. The topological polar surface area (TPSA) is 64.9 Å². The maximum atomic E-state index is 5.48. The Hall–Kier alpha value is -1.95. The third-order valence-electron chi connectivity index (χ3n) is 3.30. The number of hydrogen-bond donors (Lipinski definition) is 1. The summed E-state index contributed by atoms with van der Waals surface area (Å²) < 4.78 is 7.38. The van der Waals surface area contributed by atoms with Gasteiger partial charge in [0.15, 0.2) is 5.82 Å². The number of nitrogens with zero attached hydrogens (tertiary/aromatic N) is 4. The summed E-state index contributed by atoms with van der Waals surface area (Å²) in [6.07, 6.45) is 2.61. The van der Waals surface area contributed by atoms with Gasteiger partial charge in [0.2, 0.25) is 0 Å². The fourth-order valence-corrected chi connectivity index (χ4v) is 2.33. The zero-order chi connectivity index (χ0) is 13.2. The first-order valence-electron chi connectivity index (χ1n) is 6.51. The monoisotopic (exact) mass is 259 g/mol. The number of aromatic nitrogens is 4. The molecule has 6 nitrogen and oxygen atoms in total. The molecule has 0 fully saturated rings. The molecule has 3 rings (SSSR count). The SMILES string of the molecule is CCn1nccc1-c1nc2c(c(NC)n1)COCC2. The van der Waals surface area contributed by atoms with Crippen molar-refractivity contribution in [3.05, 3.63) is 23.5 Å². The van der Waals surface area contributed by atoms with Gasteiger partial charge >= 0.3 is 0 Å². The lowest BCUT2D eigenvalue weighted by Gasteiger charge is -2.19. The van der Waals surface area contributed by atoms with Crippen molar-refractivity contribution < 1.29 is 4.74 Å². The molecule has 0 aromatic carbocycles. The van der Waals surface area contributed by atoms with E-state index in [1.807, 2.05) is 17.8 Å². The molecular weight excluding hydrogens is 242 g/mol. The van der Waals surface area contributed by atoms with Gasteiger partial charge in [-0.25, -0.2) is 9.97 Å². The Morgan fingerprint density at radius 2 is 2.32 bits per heavy atom. The molecule has 0 spiro atoms. The van der Waals surface area contributed by atoms with Gasteiger partial charge in [-0.15, -0.1) is 0 Å². The highest BCUT2D eigenvalue weighted by Crippen LogP contribution is 2.25. The Balaban J connectivity index is 2.12. The largest absolute Gasteiger partial charge is 0.376 e. The molecular formula is C13H17N5O. The second-order valence-electron chi connectivity index (χ2n) is 4.41. The zero-order valence-electron chi connectivity index (χ0n) is 11.2. The molecule has 2 aromatic heterocycles. The minimum atomic E-state index is 0.582. The van der Waals surface area contributed by atoms with Gasteiger partial charge in [0.1, 0.15) is 11.5 Å². The predicted molar refractivity (Wildman–Crippen MR) is 71.8 cm³/mol. The summed E-state index contributed by atoms with van der Waals surface area (Å²) in [6, 6.07) is 1.95. The minimum Gasteiger partial charge on any atom is -0.376 e. The Bertz CT molecular complexity index is 575. The van der Waals surface area contributed by atoms with E-state index in [9.17, 15) is 0 Å². The lowest BCUT2D eigenvalue weighted by molar-refractivity contribution is 0.109. The minimum absolute atomic E-state index is 0.582. The summed E-state index contributed by atoms with van der Waals surface area (Å²) >= 11 is 0. The van der Waals surface area contributed by atoms with Gasteiger partial charge in [-0.1, -0.05) is 0 Å². The van der Waals surface area contributed by atoms with E-state index in [1.165, 1.54) is 0 Å². The van der Waals surface area contributed by atoms with E-state index in [0.717, 1.165) is 48.2 Å². The number of anilines is 1. The molecule has 0 saturated carbocycles. The molecule has 0 saturated heterocycles. The van der Waals surface area contributed by atoms with Gasteiger partial charge in [-0.3, -0.25) is 4.68 Å². The van der Waals surface area contributed by atoms with Crippen LogP contribution in [0.5, 0.6) is 0 Å². The van der Waals surface area contributed by atoms with Crippen molar-refractivity contribution in [1.29, 1.82) is 0 Å². The summed E-state index contributed by atoms with van der Waals surface area (Å²) in [5.41, 5.74) is 3.10. The number of nitrogens with one attached hydrogen (secondary N) is 1. The zero-order valence-corrected chi connectivity index (χ0v) is 11.2. The predicted octanol–water partition coefficient (Wildman–Crippen LogP) is 1.47. The van der Waals surface area contributed by atoms with Crippen molar-refractivity contribution in [2.45, 2.75) is 26.5 Å². The first kappa shape index (κ1) is 12.1. The fraction of sp³-hybridized carbons (Fsp3) is 0.462. The van der Waals surface area contributed by atoms with Gasteiger partial charge in [-0.2, -0.15) is 5.10 Å². The number of hydrogen-bond acceptors (Lipinski definition) is 5. The van der Waals surface area contributed by atoms with Crippen molar-refractivity contribution in [2.24, 2.45) is 0 Å². The smallest absolute Gasteiger partial charge is 0.180 e. The first-order valence-corrected chi connectivity index (χ1v) is 6.51. The maximum Gasteiger partial charge on any atom is 0.180 e. The van der Waals surface area contributed by atoms with Crippen LogP contribution in [0.3, 0.4) is 0 Å². The van der Waals surface area contributed by atoms with Crippen LogP contribution in [0.15, 0.2) is 12.3 Å². The molecule has 1 aliphatic rings. The fourth-order valence-electron chi connectivity index (χ4n) is 2.33. The summed E-state index contributed by atoms with van der Waals surface area (Å²) in [6.45, 7) is 4.17. The molecule has 0 amide bonds. The second-order valence-corrected chi connectivity index (χ2v) is 4.41. The van der Waals surface area contributed by atoms with E-state index < -0.39 is 0 Å². The third kappa shape index (κ3) is 2.08. The Morgan fingerprint density at radius 1 is 1.42 bits per heavy atom. The molecule has 1 N–H and O–H groups in total. The molecule has 1 aliphatic heterocycles. The summed E-state index contributed by atoms with van der Waals surface area (Å²) in [7, 11) is 1.87. The van der Waals surface area contributed by atoms with Crippen LogP contribution >= 0.6 is 0 Å². The second kappa shape index (κ2) is 4.97. The van der Waals surface area contributed by atoms with E-state index >= 15 is 0 Å². The van der Waals surface area contributed by atoms with Crippen LogP contribution in [-0.4, -0.2) is 33.4 Å². The highest BCUT2D eigenvalue weighted by atomic mass is 16.5. The first-order chi connectivity index (χ1) is 9.33. The summed E-state index contributed by atoms with van der Waals surface area (Å²) in [4.78, 5) is 9.27. The molecule has 0 unspecified atom stereocenters. The molecule has 0 bridgehead atoms. The molecule has 0 radical (unpaired) electrons. The van der Waals surface area contributed by atoms with Gasteiger partial charge in [-0.05, 0) is 13.0 Å². The van der Waals surface area contributed by atoms with Gasteiger partial charge in [0.25, 0.3) is 0 Å². The summed E-state index contributed by atoms with van der Waals surface area (Å²) in [5, 5.41) is 7.40. The van der Waals surface area contributed by atoms with Crippen LogP contribution in [0.4, 0.5) is 5.82 Å². The van der Waals surface area contributed by atoms with Gasteiger partial charge in [0, 0.05) is 31.8 Å². The van der Waals surface area contributed by atoms with E-state index in [1.54, 1.807) is 6.20 Å². The summed E-state index contributed by atoms with van der Waals surface area (Å²) in [5.74, 6) is 1.58.